The van der Waals surface area contributed by atoms with Crippen LogP contribution in [-0.4, -0.2) is 32.2 Å². The summed E-state index contributed by atoms with van der Waals surface area (Å²) < 4.78 is 10.5. The van der Waals surface area contributed by atoms with Crippen molar-refractivity contribution in [3.63, 3.8) is 0 Å². The zero-order valence-corrected chi connectivity index (χ0v) is 17.5. The van der Waals surface area contributed by atoms with Gasteiger partial charge in [-0.1, -0.05) is 23.7 Å². The second-order valence-electron chi connectivity index (χ2n) is 4.96. The fourth-order valence-corrected chi connectivity index (χ4v) is 2.21. The Kier molecular flexibility index (Phi) is 9.36. The van der Waals surface area contributed by atoms with Crippen LogP contribution in [0.2, 0.25) is 5.15 Å². The molecule has 0 spiro atoms. The monoisotopic (exact) mass is 476 g/mol. The molecule has 0 bridgehead atoms. The minimum absolute atomic E-state index is 0. The summed E-state index contributed by atoms with van der Waals surface area (Å²) in [5, 5.41) is 6.96. The van der Waals surface area contributed by atoms with E-state index in [-0.39, 0.29) is 24.0 Å². The molecule has 0 aliphatic rings. The number of methoxy groups -OCH3 is 2. The van der Waals surface area contributed by atoms with Gasteiger partial charge in [0.2, 0.25) is 0 Å². The minimum atomic E-state index is 0. The Morgan fingerprint density at radius 2 is 1.68 bits per heavy atom. The van der Waals surface area contributed by atoms with Crippen LogP contribution in [0.4, 0.5) is 0 Å². The summed E-state index contributed by atoms with van der Waals surface area (Å²) in [7, 11) is 4.97. The topological polar surface area (TPSA) is 67.8 Å². The summed E-state index contributed by atoms with van der Waals surface area (Å²) in [6.45, 7) is 1.22. The molecule has 0 aliphatic heterocycles. The molecule has 0 fully saturated rings. The quantitative estimate of drug-likeness (QED) is 0.290. The first-order valence-corrected chi connectivity index (χ1v) is 7.80. The maximum absolute atomic E-state index is 5.78. The third kappa shape index (κ3) is 6.58. The van der Waals surface area contributed by atoms with Crippen LogP contribution >= 0.6 is 35.6 Å². The highest BCUT2D eigenvalue weighted by Gasteiger charge is 2.05. The highest BCUT2D eigenvalue weighted by Crippen LogP contribution is 2.27. The molecule has 6 nitrogen and oxygen atoms in total. The van der Waals surface area contributed by atoms with Crippen molar-refractivity contribution in [2.45, 2.75) is 13.1 Å². The van der Waals surface area contributed by atoms with Gasteiger partial charge in [-0.2, -0.15) is 0 Å². The van der Waals surface area contributed by atoms with E-state index in [1.165, 1.54) is 0 Å². The van der Waals surface area contributed by atoms with Gasteiger partial charge in [0.15, 0.2) is 17.5 Å². The molecule has 8 heteroatoms. The number of aliphatic imine (C=N–C) groups is 1. The van der Waals surface area contributed by atoms with Crippen LogP contribution in [0.5, 0.6) is 11.5 Å². The van der Waals surface area contributed by atoms with Crippen LogP contribution in [-0.2, 0) is 13.1 Å². The molecule has 0 unspecified atom stereocenters. The van der Waals surface area contributed by atoms with E-state index in [2.05, 4.69) is 20.6 Å². The number of nitrogens with one attached hydrogen (secondary N) is 2. The molecule has 0 saturated heterocycles. The number of hydrogen-bond acceptors (Lipinski definition) is 4. The van der Waals surface area contributed by atoms with Crippen LogP contribution in [0.25, 0.3) is 0 Å². The van der Waals surface area contributed by atoms with Crippen molar-refractivity contribution < 1.29 is 9.47 Å². The molecule has 136 valence electrons. The van der Waals surface area contributed by atoms with E-state index in [1.807, 2.05) is 24.3 Å². The van der Waals surface area contributed by atoms with E-state index in [0.29, 0.717) is 35.7 Å². The van der Waals surface area contributed by atoms with E-state index in [4.69, 9.17) is 21.1 Å². The molecule has 25 heavy (non-hydrogen) atoms. The average molecular weight is 477 g/mol. The van der Waals surface area contributed by atoms with E-state index >= 15 is 0 Å². The normalized spacial score (nSPS) is 10.6. The van der Waals surface area contributed by atoms with E-state index in [0.717, 1.165) is 11.1 Å². The van der Waals surface area contributed by atoms with Crippen molar-refractivity contribution in [2.75, 3.05) is 21.3 Å². The van der Waals surface area contributed by atoms with Gasteiger partial charge in [-0.05, 0) is 29.3 Å². The van der Waals surface area contributed by atoms with Crippen molar-refractivity contribution in [3.05, 3.63) is 52.8 Å². The predicted octanol–water partition coefficient (Wildman–Crippen LogP) is 3.24. The number of benzene rings is 1. The van der Waals surface area contributed by atoms with Crippen LogP contribution in [0.15, 0.2) is 41.5 Å². The third-order valence-corrected chi connectivity index (χ3v) is 3.60. The van der Waals surface area contributed by atoms with Gasteiger partial charge in [-0.25, -0.2) is 4.98 Å². The maximum atomic E-state index is 5.78. The number of pyridine rings is 1. The number of hydrogen-bond donors (Lipinski definition) is 2. The van der Waals surface area contributed by atoms with Gasteiger partial charge in [0, 0.05) is 26.3 Å². The summed E-state index contributed by atoms with van der Waals surface area (Å²) >= 11 is 5.78. The van der Waals surface area contributed by atoms with Gasteiger partial charge in [0.1, 0.15) is 5.15 Å². The molecule has 2 rings (SSSR count). The van der Waals surface area contributed by atoms with Gasteiger partial charge in [-0.15, -0.1) is 24.0 Å². The fourth-order valence-electron chi connectivity index (χ4n) is 2.09. The second-order valence-corrected chi connectivity index (χ2v) is 5.35. The Morgan fingerprint density at radius 1 is 1.04 bits per heavy atom. The van der Waals surface area contributed by atoms with E-state index in [9.17, 15) is 0 Å². The highest BCUT2D eigenvalue weighted by atomic mass is 127. The molecule has 2 N–H and O–H groups in total. The lowest BCUT2D eigenvalue weighted by atomic mass is 10.2. The van der Waals surface area contributed by atoms with Crippen molar-refractivity contribution in [1.82, 2.24) is 15.6 Å². The summed E-state index contributed by atoms with van der Waals surface area (Å²) in [6.07, 6.45) is 1.73. The average Bonchev–Trinajstić information content (AvgIpc) is 2.63. The molecule has 0 aliphatic carbocycles. The first-order chi connectivity index (χ1) is 11.7. The van der Waals surface area contributed by atoms with Gasteiger partial charge in [0.05, 0.1) is 14.2 Å². The number of aromatic nitrogens is 1. The summed E-state index contributed by atoms with van der Waals surface area (Å²) in [4.78, 5) is 8.26. The van der Waals surface area contributed by atoms with Gasteiger partial charge >= 0.3 is 0 Å². The van der Waals surface area contributed by atoms with Crippen LogP contribution in [0.1, 0.15) is 11.1 Å². The van der Waals surface area contributed by atoms with Crippen molar-refractivity contribution in [1.29, 1.82) is 0 Å². The predicted molar refractivity (Wildman–Crippen MR) is 111 cm³/mol. The molecule has 0 radical (unpaired) electrons. The largest absolute Gasteiger partial charge is 0.493 e. The SMILES string of the molecule is CN=C(NCc1ccc(Cl)nc1)NCc1ccc(OC)c(OC)c1.I. The van der Waals surface area contributed by atoms with E-state index < -0.39 is 0 Å². The van der Waals surface area contributed by atoms with Gasteiger partial charge in [0.25, 0.3) is 0 Å². The van der Waals surface area contributed by atoms with E-state index in [1.54, 1.807) is 33.5 Å². The molecular formula is C17H22ClIN4O2. The molecule has 1 aromatic carbocycles. The zero-order valence-electron chi connectivity index (χ0n) is 14.4. The molecule has 0 saturated carbocycles. The summed E-state index contributed by atoms with van der Waals surface area (Å²) in [6, 6.07) is 9.47. The van der Waals surface area contributed by atoms with Crippen LogP contribution in [0, 0.1) is 0 Å². The molecule has 1 aromatic heterocycles. The first kappa shape index (κ1) is 21.3. The standard InChI is InChI=1S/C17H21ClN4O2.HI/c1-19-17(22-11-13-5-7-16(18)20-10-13)21-9-12-4-6-14(23-2)15(8-12)24-3;/h4-8,10H,9,11H2,1-3H3,(H2,19,21,22);1H. The summed E-state index contributed by atoms with van der Waals surface area (Å²) in [5.74, 6) is 2.10. The molecule has 0 amide bonds. The molecular weight excluding hydrogens is 455 g/mol. The maximum Gasteiger partial charge on any atom is 0.191 e. The van der Waals surface area contributed by atoms with Gasteiger partial charge in [-0.3, -0.25) is 4.99 Å². The Hall–Kier alpha value is -1.74. The number of ether oxygens (including phenoxy) is 2. The zero-order chi connectivity index (χ0) is 17.4. The molecule has 2 aromatic rings. The number of guanidine groups is 1. The highest BCUT2D eigenvalue weighted by molar-refractivity contribution is 14.0. The third-order valence-electron chi connectivity index (χ3n) is 3.38. The Morgan fingerprint density at radius 3 is 2.24 bits per heavy atom. The van der Waals surface area contributed by atoms with Gasteiger partial charge < -0.3 is 20.1 Å². The first-order valence-electron chi connectivity index (χ1n) is 7.42. The van der Waals surface area contributed by atoms with Crippen molar-refractivity contribution >= 4 is 41.5 Å². The molecule has 0 atom stereocenters. The Balaban J connectivity index is 0.00000312. The summed E-state index contributed by atoms with van der Waals surface area (Å²) in [5.41, 5.74) is 2.08. The molecule has 1 heterocycles. The lowest BCUT2D eigenvalue weighted by Gasteiger charge is -2.13. The fraction of sp³-hybridized carbons (Fsp3) is 0.294. The number of nitrogens with zero attached hydrogens (tertiary/aromatic N) is 2. The second kappa shape index (κ2) is 11.0. The minimum Gasteiger partial charge on any atom is -0.493 e. The Bertz CT molecular complexity index is 696. The number of rotatable bonds is 6. The Labute approximate surface area is 170 Å². The lowest BCUT2D eigenvalue weighted by molar-refractivity contribution is 0.354. The van der Waals surface area contributed by atoms with Crippen LogP contribution < -0.4 is 20.1 Å². The smallest absolute Gasteiger partial charge is 0.191 e. The van der Waals surface area contributed by atoms with Crippen LogP contribution in [0.3, 0.4) is 0 Å². The van der Waals surface area contributed by atoms with Crippen molar-refractivity contribution in [3.8, 4) is 11.5 Å². The lowest BCUT2D eigenvalue weighted by Crippen LogP contribution is -2.36. The number of halogens is 2. The van der Waals surface area contributed by atoms with Crippen molar-refractivity contribution in [2.24, 2.45) is 4.99 Å².